The minimum Gasteiger partial charge on any atom is -0.491 e. The van der Waals surface area contributed by atoms with E-state index in [0.29, 0.717) is 18.9 Å². The van der Waals surface area contributed by atoms with E-state index >= 15 is 0 Å². The third kappa shape index (κ3) is 4.38. The zero-order chi connectivity index (χ0) is 18.7. The molecule has 2 N–H and O–H groups in total. The number of aliphatic hydroxyl groups excluding tert-OH is 2. The molecule has 26 heavy (non-hydrogen) atoms. The molecule has 1 aliphatic heterocycles. The number of aryl methyl sites for hydroxylation is 2. The van der Waals surface area contributed by atoms with Crippen molar-refractivity contribution in [3.05, 3.63) is 53.1 Å². The average molecular weight is 377 g/mol. The first kappa shape index (κ1) is 19.2. The minimum absolute atomic E-state index is 0.142. The molecule has 1 aliphatic rings. The van der Waals surface area contributed by atoms with Gasteiger partial charge in [0, 0.05) is 12.3 Å². The fraction of sp³-hybridized carbons (Fsp3) is 0.429. The molecule has 2 aromatic carbocycles. The lowest BCUT2D eigenvalue weighted by molar-refractivity contribution is -0.129. The summed E-state index contributed by atoms with van der Waals surface area (Å²) in [6.45, 7) is 4.63. The molecular formula is C21H25ClO4. The Morgan fingerprint density at radius 2 is 1.85 bits per heavy atom. The first-order chi connectivity index (χ1) is 12.5. The van der Waals surface area contributed by atoms with Gasteiger partial charge in [0.2, 0.25) is 0 Å². The maximum Gasteiger partial charge on any atom is 0.120 e. The van der Waals surface area contributed by atoms with Crippen LogP contribution in [0.2, 0.25) is 0 Å². The largest absolute Gasteiger partial charge is 0.491 e. The lowest BCUT2D eigenvalue weighted by Gasteiger charge is -2.30. The Morgan fingerprint density at radius 3 is 2.50 bits per heavy atom. The molecule has 140 valence electrons. The van der Waals surface area contributed by atoms with Gasteiger partial charge in [0.25, 0.3) is 0 Å². The van der Waals surface area contributed by atoms with E-state index in [1.807, 2.05) is 24.3 Å². The molecule has 1 saturated heterocycles. The lowest BCUT2D eigenvalue weighted by atomic mass is 9.94. The Kier molecular flexibility index (Phi) is 6.20. The van der Waals surface area contributed by atoms with E-state index in [0.717, 1.165) is 28.0 Å². The highest BCUT2D eigenvalue weighted by molar-refractivity contribution is 6.17. The second kappa shape index (κ2) is 8.40. The maximum atomic E-state index is 9.74. The number of hydrogen-bond acceptors (Lipinski definition) is 4. The van der Waals surface area contributed by atoms with Crippen LogP contribution in [0, 0.1) is 13.8 Å². The zero-order valence-electron chi connectivity index (χ0n) is 15.1. The van der Waals surface area contributed by atoms with Crippen LogP contribution in [0.25, 0.3) is 11.1 Å². The fourth-order valence-corrected chi connectivity index (χ4v) is 3.58. The Hall–Kier alpha value is -1.59. The summed E-state index contributed by atoms with van der Waals surface area (Å²) in [6.07, 6.45) is -1.40. The number of ether oxygens (including phenoxy) is 2. The molecule has 3 rings (SSSR count). The molecule has 0 amide bonds. The van der Waals surface area contributed by atoms with Crippen LogP contribution in [0.4, 0.5) is 0 Å². The molecular weight excluding hydrogens is 352 g/mol. The summed E-state index contributed by atoms with van der Waals surface area (Å²) in [5.74, 6) is 1.27. The van der Waals surface area contributed by atoms with E-state index in [4.69, 9.17) is 21.1 Å². The van der Waals surface area contributed by atoms with Crippen molar-refractivity contribution in [1.82, 2.24) is 0 Å². The van der Waals surface area contributed by atoms with E-state index in [2.05, 4.69) is 26.0 Å². The summed E-state index contributed by atoms with van der Waals surface area (Å²) >= 11 is 5.96. The standard InChI is InChI=1S/C21H25ClO4/c1-13-6-17(25-11-18-9-19(23)20(24)12-26-18)7-14(2)21(13)16-5-3-4-15(8-16)10-22/h3-8,18-20,23-24H,9-12H2,1-2H3/t18-,19-,20-/m1/s1. The third-order valence-corrected chi connectivity index (χ3v) is 5.07. The van der Waals surface area contributed by atoms with Gasteiger partial charge < -0.3 is 19.7 Å². The van der Waals surface area contributed by atoms with Crippen LogP contribution in [0.1, 0.15) is 23.1 Å². The quantitative estimate of drug-likeness (QED) is 0.783. The van der Waals surface area contributed by atoms with Crippen LogP contribution < -0.4 is 4.74 Å². The van der Waals surface area contributed by atoms with Crippen LogP contribution in [0.5, 0.6) is 5.75 Å². The number of aliphatic hydroxyl groups is 2. The molecule has 0 radical (unpaired) electrons. The molecule has 1 heterocycles. The molecule has 0 saturated carbocycles. The second-order valence-corrected chi connectivity index (χ2v) is 7.17. The van der Waals surface area contributed by atoms with Crippen molar-refractivity contribution in [3.8, 4) is 16.9 Å². The first-order valence-electron chi connectivity index (χ1n) is 8.85. The zero-order valence-corrected chi connectivity index (χ0v) is 15.9. The van der Waals surface area contributed by atoms with E-state index in [1.54, 1.807) is 0 Å². The summed E-state index contributed by atoms with van der Waals surface area (Å²) in [7, 11) is 0. The average Bonchev–Trinajstić information content (AvgIpc) is 2.62. The van der Waals surface area contributed by atoms with Crippen LogP contribution in [0.15, 0.2) is 36.4 Å². The number of hydrogen-bond donors (Lipinski definition) is 2. The molecule has 4 nitrogen and oxygen atoms in total. The minimum atomic E-state index is -0.807. The Labute approximate surface area is 159 Å². The van der Waals surface area contributed by atoms with Gasteiger partial charge in [-0.15, -0.1) is 11.6 Å². The molecule has 0 spiro atoms. The molecule has 1 fully saturated rings. The van der Waals surface area contributed by atoms with Gasteiger partial charge in [0.05, 0.1) is 18.8 Å². The summed E-state index contributed by atoms with van der Waals surface area (Å²) in [6, 6.07) is 12.3. The van der Waals surface area contributed by atoms with Gasteiger partial charge in [-0.3, -0.25) is 0 Å². The topological polar surface area (TPSA) is 58.9 Å². The predicted molar refractivity (Wildman–Crippen MR) is 103 cm³/mol. The molecule has 0 bridgehead atoms. The molecule has 0 unspecified atom stereocenters. The summed E-state index contributed by atoms with van der Waals surface area (Å²) in [4.78, 5) is 0. The van der Waals surface area contributed by atoms with E-state index in [-0.39, 0.29) is 12.7 Å². The van der Waals surface area contributed by atoms with Gasteiger partial charge in [-0.2, -0.15) is 0 Å². The van der Waals surface area contributed by atoms with Crippen LogP contribution in [0.3, 0.4) is 0 Å². The SMILES string of the molecule is Cc1cc(OC[C@H]2C[C@@H](O)[C@H](O)CO2)cc(C)c1-c1cccc(CCl)c1. The maximum absolute atomic E-state index is 9.74. The molecule has 2 aromatic rings. The summed E-state index contributed by atoms with van der Waals surface area (Å²) in [5, 5.41) is 19.2. The smallest absolute Gasteiger partial charge is 0.120 e. The van der Waals surface area contributed by atoms with Crippen LogP contribution in [-0.4, -0.2) is 41.7 Å². The van der Waals surface area contributed by atoms with Crippen LogP contribution in [-0.2, 0) is 10.6 Å². The van der Waals surface area contributed by atoms with Crippen LogP contribution >= 0.6 is 11.6 Å². The van der Waals surface area contributed by atoms with Crippen molar-refractivity contribution in [3.63, 3.8) is 0 Å². The van der Waals surface area contributed by atoms with Crippen molar-refractivity contribution in [2.24, 2.45) is 0 Å². The van der Waals surface area contributed by atoms with Gasteiger partial charge in [-0.25, -0.2) is 0 Å². The first-order valence-corrected chi connectivity index (χ1v) is 9.38. The van der Waals surface area contributed by atoms with Gasteiger partial charge in [0.1, 0.15) is 18.5 Å². The second-order valence-electron chi connectivity index (χ2n) is 6.90. The van der Waals surface area contributed by atoms with E-state index < -0.39 is 12.2 Å². The fourth-order valence-electron chi connectivity index (χ4n) is 3.42. The predicted octanol–water partition coefficient (Wildman–Crippen LogP) is 3.60. The Bertz CT molecular complexity index is 738. The molecule has 5 heteroatoms. The summed E-state index contributed by atoms with van der Waals surface area (Å²) in [5.41, 5.74) is 5.70. The molecule has 3 atom stereocenters. The van der Waals surface area contributed by atoms with Crippen molar-refractivity contribution >= 4 is 11.6 Å². The van der Waals surface area contributed by atoms with Gasteiger partial charge >= 0.3 is 0 Å². The number of rotatable bonds is 5. The third-order valence-electron chi connectivity index (χ3n) is 4.76. The number of halogens is 1. The highest BCUT2D eigenvalue weighted by Gasteiger charge is 2.28. The van der Waals surface area contributed by atoms with E-state index in [9.17, 15) is 10.2 Å². The molecule has 0 aromatic heterocycles. The van der Waals surface area contributed by atoms with Crippen molar-refractivity contribution in [1.29, 1.82) is 0 Å². The summed E-state index contributed by atoms with van der Waals surface area (Å²) < 4.78 is 11.4. The normalized spacial score (nSPS) is 23.0. The van der Waals surface area contributed by atoms with Crippen molar-refractivity contribution in [2.45, 2.75) is 44.5 Å². The number of alkyl halides is 1. The Balaban J connectivity index is 1.73. The van der Waals surface area contributed by atoms with E-state index in [1.165, 1.54) is 5.56 Å². The van der Waals surface area contributed by atoms with Crippen molar-refractivity contribution in [2.75, 3.05) is 13.2 Å². The molecule has 0 aliphatic carbocycles. The van der Waals surface area contributed by atoms with Crippen molar-refractivity contribution < 1.29 is 19.7 Å². The van der Waals surface area contributed by atoms with Gasteiger partial charge in [-0.05, 0) is 59.9 Å². The number of benzene rings is 2. The highest BCUT2D eigenvalue weighted by Crippen LogP contribution is 2.32. The Morgan fingerprint density at radius 1 is 1.12 bits per heavy atom. The van der Waals surface area contributed by atoms with Gasteiger partial charge in [-0.1, -0.05) is 18.2 Å². The highest BCUT2D eigenvalue weighted by atomic mass is 35.5. The lowest BCUT2D eigenvalue weighted by Crippen LogP contribution is -2.43. The van der Waals surface area contributed by atoms with Gasteiger partial charge in [0.15, 0.2) is 0 Å². The monoisotopic (exact) mass is 376 g/mol.